The van der Waals surface area contributed by atoms with E-state index in [0.717, 1.165) is 25.8 Å². The molecule has 0 aliphatic rings. The maximum atomic E-state index is 5.64. The van der Waals surface area contributed by atoms with Gasteiger partial charge in [-0.25, -0.2) is 4.98 Å². The number of nitrogens with one attached hydrogen (secondary N) is 1. The van der Waals surface area contributed by atoms with Crippen molar-refractivity contribution in [3.05, 3.63) is 15.6 Å². The van der Waals surface area contributed by atoms with Crippen LogP contribution >= 0.6 is 11.3 Å². The van der Waals surface area contributed by atoms with Gasteiger partial charge in [-0.15, -0.1) is 11.3 Å². The number of aromatic nitrogens is 1. The van der Waals surface area contributed by atoms with Gasteiger partial charge in [0.2, 0.25) is 0 Å². The second kappa shape index (κ2) is 7.01. The molecular formula is C16H30N2OS. The van der Waals surface area contributed by atoms with Crippen molar-refractivity contribution in [3.8, 4) is 0 Å². The van der Waals surface area contributed by atoms with Gasteiger partial charge in [0.1, 0.15) is 5.01 Å². The third kappa shape index (κ3) is 4.27. The van der Waals surface area contributed by atoms with Crippen molar-refractivity contribution in [2.75, 3.05) is 13.7 Å². The standard InChI is InChI=1S/C16H30N2OS/c1-8-10-17-16(6,11-15(4,5)19-7)14-18-13(9-2)12(3)20-14/h17H,8-11H2,1-7H3. The number of rotatable bonds is 8. The summed E-state index contributed by atoms with van der Waals surface area (Å²) in [6.45, 7) is 14.1. The van der Waals surface area contributed by atoms with Crippen LogP contribution in [0.15, 0.2) is 0 Å². The lowest BCUT2D eigenvalue weighted by Crippen LogP contribution is -2.46. The Bertz CT molecular complexity index is 428. The first-order chi connectivity index (χ1) is 9.28. The van der Waals surface area contributed by atoms with Crippen LogP contribution in [0.1, 0.15) is 63.0 Å². The summed E-state index contributed by atoms with van der Waals surface area (Å²) in [4.78, 5) is 6.21. The second-order valence-corrected chi connectivity index (χ2v) is 7.48. The molecule has 0 aromatic carbocycles. The van der Waals surface area contributed by atoms with Crippen molar-refractivity contribution in [1.82, 2.24) is 10.3 Å². The zero-order chi connectivity index (χ0) is 15.4. The Labute approximate surface area is 128 Å². The average molecular weight is 298 g/mol. The van der Waals surface area contributed by atoms with E-state index in [1.807, 2.05) is 11.3 Å². The highest BCUT2D eigenvalue weighted by Crippen LogP contribution is 2.35. The summed E-state index contributed by atoms with van der Waals surface area (Å²) in [6, 6.07) is 0. The van der Waals surface area contributed by atoms with E-state index in [1.165, 1.54) is 15.6 Å². The van der Waals surface area contributed by atoms with E-state index >= 15 is 0 Å². The van der Waals surface area contributed by atoms with Crippen molar-refractivity contribution < 1.29 is 4.74 Å². The molecule has 116 valence electrons. The monoisotopic (exact) mass is 298 g/mol. The molecule has 0 amide bonds. The topological polar surface area (TPSA) is 34.1 Å². The first-order valence-electron chi connectivity index (χ1n) is 7.55. The quantitative estimate of drug-likeness (QED) is 0.786. The van der Waals surface area contributed by atoms with Gasteiger partial charge in [-0.1, -0.05) is 13.8 Å². The van der Waals surface area contributed by atoms with Crippen molar-refractivity contribution in [3.63, 3.8) is 0 Å². The number of methoxy groups -OCH3 is 1. The highest BCUT2D eigenvalue weighted by atomic mass is 32.1. The minimum atomic E-state index is -0.165. The molecule has 1 aromatic heterocycles. The number of ether oxygens (including phenoxy) is 1. The lowest BCUT2D eigenvalue weighted by Gasteiger charge is -2.36. The first kappa shape index (κ1) is 17.6. The van der Waals surface area contributed by atoms with E-state index in [1.54, 1.807) is 7.11 Å². The molecule has 1 rings (SSSR count). The Kier molecular flexibility index (Phi) is 6.17. The number of aryl methyl sites for hydroxylation is 2. The molecule has 1 unspecified atom stereocenters. The van der Waals surface area contributed by atoms with E-state index in [4.69, 9.17) is 9.72 Å². The van der Waals surface area contributed by atoms with Crippen LogP contribution in [0.5, 0.6) is 0 Å². The fourth-order valence-corrected chi connectivity index (χ4v) is 3.65. The van der Waals surface area contributed by atoms with E-state index in [2.05, 4.69) is 46.9 Å². The molecule has 0 aliphatic carbocycles. The maximum Gasteiger partial charge on any atom is 0.113 e. The maximum absolute atomic E-state index is 5.64. The number of thiazole rings is 1. The van der Waals surface area contributed by atoms with Crippen molar-refractivity contribution in [2.45, 2.75) is 71.9 Å². The lowest BCUT2D eigenvalue weighted by atomic mass is 9.88. The van der Waals surface area contributed by atoms with Gasteiger partial charge >= 0.3 is 0 Å². The van der Waals surface area contributed by atoms with Crippen LogP contribution in [-0.2, 0) is 16.7 Å². The Morgan fingerprint density at radius 1 is 1.25 bits per heavy atom. The third-order valence-corrected chi connectivity index (χ3v) is 5.07. The van der Waals surface area contributed by atoms with Crippen LogP contribution in [0, 0.1) is 6.92 Å². The predicted octanol–water partition coefficient (Wildman–Crippen LogP) is 4.04. The van der Waals surface area contributed by atoms with Crippen LogP contribution < -0.4 is 5.32 Å². The van der Waals surface area contributed by atoms with Crippen LogP contribution in [-0.4, -0.2) is 24.2 Å². The summed E-state index contributed by atoms with van der Waals surface area (Å²) in [5.41, 5.74) is 0.935. The SMILES string of the molecule is CCCNC(C)(CC(C)(C)OC)c1nc(CC)c(C)s1. The summed E-state index contributed by atoms with van der Waals surface area (Å²) >= 11 is 1.82. The minimum Gasteiger partial charge on any atom is -0.379 e. The van der Waals surface area contributed by atoms with Crippen LogP contribution in [0.25, 0.3) is 0 Å². The Morgan fingerprint density at radius 2 is 1.90 bits per heavy atom. The van der Waals surface area contributed by atoms with Gasteiger partial charge < -0.3 is 10.1 Å². The Hall–Kier alpha value is -0.450. The highest BCUT2D eigenvalue weighted by Gasteiger charge is 2.36. The van der Waals surface area contributed by atoms with E-state index in [9.17, 15) is 0 Å². The smallest absolute Gasteiger partial charge is 0.113 e. The normalized spacial score (nSPS) is 15.3. The van der Waals surface area contributed by atoms with Gasteiger partial charge in [-0.3, -0.25) is 0 Å². The van der Waals surface area contributed by atoms with Gasteiger partial charge in [-0.2, -0.15) is 0 Å². The second-order valence-electron chi connectivity index (χ2n) is 6.27. The molecule has 20 heavy (non-hydrogen) atoms. The first-order valence-corrected chi connectivity index (χ1v) is 8.36. The molecule has 0 saturated heterocycles. The van der Waals surface area contributed by atoms with Gasteiger partial charge in [0.15, 0.2) is 0 Å². The molecule has 1 heterocycles. The van der Waals surface area contributed by atoms with Gasteiger partial charge in [0.25, 0.3) is 0 Å². The van der Waals surface area contributed by atoms with E-state index in [-0.39, 0.29) is 11.1 Å². The molecule has 0 fully saturated rings. The van der Waals surface area contributed by atoms with Crippen LogP contribution in [0.2, 0.25) is 0 Å². The molecular weight excluding hydrogens is 268 g/mol. The number of hydrogen-bond acceptors (Lipinski definition) is 4. The molecule has 0 radical (unpaired) electrons. The van der Waals surface area contributed by atoms with Crippen molar-refractivity contribution >= 4 is 11.3 Å². The molecule has 0 spiro atoms. The lowest BCUT2D eigenvalue weighted by molar-refractivity contribution is -0.00726. The van der Waals surface area contributed by atoms with Crippen LogP contribution in [0.4, 0.5) is 0 Å². The summed E-state index contributed by atoms with van der Waals surface area (Å²) < 4.78 is 5.64. The Balaban J connectivity index is 3.08. The summed E-state index contributed by atoms with van der Waals surface area (Å²) in [5, 5.41) is 4.87. The van der Waals surface area contributed by atoms with Crippen molar-refractivity contribution in [1.29, 1.82) is 0 Å². The molecule has 0 saturated carbocycles. The summed E-state index contributed by atoms with van der Waals surface area (Å²) in [7, 11) is 1.78. The summed E-state index contributed by atoms with van der Waals surface area (Å²) in [6.07, 6.45) is 3.03. The fourth-order valence-electron chi connectivity index (χ4n) is 2.53. The minimum absolute atomic E-state index is 0.127. The Morgan fingerprint density at radius 3 is 2.35 bits per heavy atom. The van der Waals surface area contributed by atoms with Crippen LogP contribution in [0.3, 0.4) is 0 Å². The van der Waals surface area contributed by atoms with E-state index < -0.39 is 0 Å². The molecule has 3 nitrogen and oxygen atoms in total. The van der Waals surface area contributed by atoms with Gasteiger partial charge in [0.05, 0.1) is 16.8 Å². The zero-order valence-electron chi connectivity index (χ0n) is 14.1. The largest absolute Gasteiger partial charge is 0.379 e. The fraction of sp³-hybridized carbons (Fsp3) is 0.812. The summed E-state index contributed by atoms with van der Waals surface area (Å²) in [5.74, 6) is 0. The van der Waals surface area contributed by atoms with Gasteiger partial charge in [-0.05, 0) is 47.1 Å². The molecule has 1 N–H and O–H groups in total. The number of nitrogens with zero attached hydrogens (tertiary/aromatic N) is 1. The molecule has 1 aromatic rings. The zero-order valence-corrected chi connectivity index (χ0v) is 14.9. The predicted molar refractivity (Wildman–Crippen MR) is 87.6 cm³/mol. The number of hydrogen-bond donors (Lipinski definition) is 1. The van der Waals surface area contributed by atoms with Gasteiger partial charge in [0, 0.05) is 18.4 Å². The molecule has 4 heteroatoms. The molecule has 0 aliphatic heterocycles. The molecule has 0 bridgehead atoms. The highest BCUT2D eigenvalue weighted by molar-refractivity contribution is 7.11. The molecule has 1 atom stereocenters. The van der Waals surface area contributed by atoms with Crippen molar-refractivity contribution in [2.24, 2.45) is 0 Å². The van der Waals surface area contributed by atoms with E-state index in [0.29, 0.717) is 0 Å². The average Bonchev–Trinajstić information content (AvgIpc) is 2.78. The third-order valence-electron chi connectivity index (χ3n) is 3.80.